The fourth-order valence-corrected chi connectivity index (χ4v) is 1.86. The summed E-state index contributed by atoms with van der Waals surface area (Å²) in [6.45, 7) is 0. The number of non-ortho nitro benzene ring substituents is 1. The van der Waals surface area contributed by atoms with Gasteiger partial charge in [-0.05, 0) is 24.1 Å². The van der Waals surface area contributed by atoms with Crippen LogP contribution in [0.1, 0.15) is 5.56 Å². The van der Waals surface area contributed by atoms with Gasteiger partial charge in [0.05, 0.1) is 11.0 Å². The van der Waals surface area contributed by atoms with E-state index in [2.05, 4.69) is 5.32 Å². The summed E-state index contributed by atoms with van der Waals surface area (Å²) in [5.74, 6) is -0.326. The van der Waals surface area contributed by atoms with Crippen molar-refractivity contribution in [1.29, 1.82) is 0 Å². The Labute approximate surface area is 127 Å². The van der Waals surface area contributed by atoms with Gasteiger partial charge < -0.3 is 17.2 Å². The highest BCUT2D eigenvalue weighted by Gasteiger charge is 2.14. The molecule has 0 spiro atoms. The lowest BCUT2D eigenvalue weighted by molar-refractivity contribution is -0.384. The molecule has 7 nitrogen and oxygen atoms in total. The molecule has 0 aromatic heterocycles. The van der Waals surface area contributed by atoms with Crippen LogP contribution in [-0.2, 0) is 11.2 Å². The minimum Gasteiger partial charge on any atom is -0.344 e. The third-order valence-electron chi connectivity index (χ3n) is 2.98. The van der Waals surface area contributed by atoms with Gasteiger partial charge in [0.1, 0.15) is 0 Å². The number of hydrogen-bond donors (Lipinski definition) is 3. The molecule has 116 valence electrons. The van der Waals surface area contributed by atoms with Gasteiger partial charge in [-0.2, -0.15) is 0 Å². The smallest absolute Gasteiger partial charge is 0.269 e. The first-order valence-corrected chi connectivity index (χ1v) is 6.41. The number of nitrogens with zero attached hydrogens (tertiary/aromatic N) is 1. The molecule has 0 bridgehead atoms. The Hall–Kier alpha value is -2.77. The van der Waals surface area contributed by atoms with Gasteiger partial charge in [0.15, 0.2) is 0 Å². The highest BCUT2D eigenvalue weighted by atomic mass is 16.6. The van der Waals surface area contributed by atoms with Crippen LogP contribution in [0.15, 0.2) is 54.6 Å². The average molecular weight is 302 g/mol. The number of amides is 1. The number of nitro groups is 1. The standard InChI is InChI=1S/C15H15N3O3.H3N/c16-14(10-11-4-2-1-3-5-11)15(19)17-12-6-8-13(9-7-12)18(20)21;/h1-9,14H,10,16H2,(H,17,19);1H3. The van der Waals surface area contributed by atoms with E-state index in [1.54, 1.807) is 0 Å². The van der Waals surface area contributed by atoms with E-state index < -0.39 is 11.0 Å². The van der Waals surface area contributed by atoms with E-state index in [0.717, 1.165) is 5.56 Å². The van der Waals surface area contributed by atoms with Gasteiger partial charge in [-0.3, -0.25) is 14.9 Å². The van der Waals surface area contributed by atoms with Crippen LogP contribution in [0, 0.1) is 10.1 Å². The number of carbonyl (C=O) groups is 1. The number of nitro benzene ring substituents is 1. The SMILES string of the molecule is N.NC(Cc1ccccc1)C(=O)Nc1ccc([N+](=O)[O-])cc1. The summed E-state index contributed by atoms with van der Waals surface area (Å²) in [5.41, 5.74) is 7.29. The molecule has 2 aromatic carbocycles. The minimum absolute atomic E-state index is 0. The molecule has 0 aliphatic carbocycles. The normalized spacial score (nSPS) is 11.1. The fraction of sp³-hybridized carbons (Fsp3) is 0.133. The van der Waals surface area contributed by atoms with Crippen LogP contribution in [0.25, 0.3) is 0 Å². The van der Waals surface area contributed by atoms with Crippen molar-refractivity contribution in [2.45, 2.75) is 12.5 Å². The van der Waals surface area contributed by atoms with Crippen molar-refractivity contribution in [3.63, 3.8) is 0 Å². The van der Waals surface area contributed by atoms with Crippen molar-refractivity contribution in [1.82, 2.24) is 6.15 Å². The topological polar surface area (TPSA) is 133 Å². The molecular formula is C15H18N4O3. The van der Waals surface area contributed by atoms with Crippen molar-refractivity contribution in [3.05, 3.63) is 70.3 Å². The first-order chi connectivity index (χ1) is 10.1. The minimum atomic E-state index is -0.678. The molecule has 2 rings (SSSR count). The van der Waals surface area contributed by atoms with E-state index >= 15 is 0 Å². The number of rotatable bonds is 5. The van der Waals surface area contributed by atoms with Crippen LogP contribution in [0.3, 0.4) is 0 Å². The van der Waals surface area contributed by atoms with Crippen molar-refractivity contribution >= 4 is 17.3 Å². The molecule has 6 N–H and O–H groups in total. The second kappa shape index (κ2) is 7.87. The molecule has 1 amide bonds. The zero-order valence-corrected chi connectivity index (χ0v) is 11.9. The number of nitrogens with two attached hydrogens (primary N) is 1. The third-order valence-corrected chi connectivity index (χ3v) is 2.98. The third kappa shape index (κ3) is 4.65. The van der Waals surface area contributed by atoms with Crippen LogP contribution in [-0.4, -0.2) is 16.9 Å². The Morgan fingerprint density at radius 1 is 1.14 bits per heavy atom. The zero-order valence-electron chi connectivity index (χ0n) is 11.9. The van der Waals surface area contributed by atoms with E-state index in [0.29, 0.717) is 12.1 Å². The predicted octanol–water partition coefficient (Wildman–Crippen LogP) is 2.27. The summed E-state index contributed by atoms with van der Waals surface area (Å²) >= 11 is 0. The molecule has 0 saturated carbocycles. The summed E-state index contributed by atoms with van der Waals surface area (Å²) in [5, 5.41) is 13.2. The molecule has 0 aliphatic rings. The Morgan fingerprint density at radius 2 is 1.73 bits per heavy atom. The Balaban J connectivity index is 0.00000242. The molecule has 0 radical (unpaired) electrons. The Kier molecular flexibility index (Phi) is 6.18. The van der Waals surface area contributed by atoms with E-state index in [9.17, 15) is 14.9 Å². The van der Waals surface area contributed by atoms with Crippen LogP contribution in [0.2, 0.25) is 0 Å². The maximum absolute atomic E-state index is 12.0. The number of nitrogens with one attached hydrogen (secondary N) is 1. The zero-order chi connectivity index (χ0) is 15.2. The van der Waals surface area contributed by atoms with Crippen LogP contribution >= 0.6 is 0 Å². The van der Waals surface area contributed by atoms with Crippen molar-refractivity contribution in [2.24, 2.45) is 5.73 Å². The second-order valence-corrected chi connectivity index (χ2v) is 4.59. The van der Waals surface area contributed by atoms with Gasteiger partial charge in [0.2, 0.25) is 5.91 Å². The van der Waals surface area contributed by atoms with Gasteiger partial charge >= 0.3 is 0 Å². The van der Waals surface area contributed by atoms with Gasteiger partial charge in [-0.15, -0.1) is 0 Å². The monoisotopic (exact) mass is 302 g/mol. The lowest BCUT2D eigenvalue weighted by Crippen LogP contribution is -2.37. The van der Waals surface area contributed by atoms with E-state index in [4.69, 9.17) is 5.73 Å². The van der Waals surface area contributed by atoms with Gasteiger partial charge in [-0.25, -0.2) is 0 Å². The number of hydrogen-bond acceptors (Lipinski definition) is 5. The molecule has 7 heteroatoms. The molecule has 1 atom stereocenters. The Morgan fingerprint density at radius 3 is 2.27 bits per heavy atom. The quantitative estimate of drug-likeness (QED) is 0.575. The van der Waals surface area contributed by atoms with Crippen molar-refractivity contribution in [3.8, 4) is 0 Å². The summed E-state index contributed by atoms with van der Waals surface area (Å²) in [4.78, 5) is 22.0. The summed E-state index contributed by atoms with van der Waals surface area (Å²) in [6.07, 6.45) is 0.430. The van der Waals surface area contributed by atoms with Gasteiger partial charge in [0.25, 0.3) is 5.69 Å². The number of carbonyl (C=O) groups excluding carboxylic acids is 1. The molecule has 0 saturated heterocycles. The van der Waals surface area contributed by atoms with E-state index in [-0.39, 0.29) is 17.7 Å². The van der Waals surface area contributed by atoms with Crippen LogP contribution in [0.5, 0.6) is 0 Å². The molecule has 1 unspecified atom stereocenters. The highest BCUT2D eigenvalue weighted by Crippen LogP contribution is 2.15. The fourth-order valence-electron chi connectivity index (χ4n) is 1.86. The molecule has 2 aromatic rings. The second-order valence-electron chi connectivity index (χ2n) is 4.59. The maximum atomic E-state index is 12.0. The number of benzene rings is 2. The highest BCUT2D eigenvalue weighted by molar-refractivity contribution is 5.94. The van der Waals surface area contributed by atoms with E-state index in [1.807, 2.05) is 30.3 Å². The van der Waals surface area contributed by atoms with Gasteiger partial charge in [0, 0.05) is 17.8 Å². The maximum Gasteiger partial charge on any atom is 0.269 e. The predicted molar refractivity (Wildman–Crippen MR) is 84.9 cm³/mol. The molecule has 0 heterocycles. The number of anilines is 1. The lowest BCUT2D eigenvalue weighted by Gasteiger charge is -2.12. The van der Waals surface area contributed by atoms with Gasteiger partial charge in [-0.1, -0.05) is 30.3 Å². The Bertz CT molecular complexity index is 629. The molecular weight excluding hydrogens is 284 g/mol. The van der Waals surface area contributed by atoms with Crippen LogP contribution in [0.4, 0.5) is 11.4 Å². The summed E-state index contributed by atoms with van der Waals surface area (Å²) in [7, 11) is 0. The summed E-state index contributed by atoms with van der Waals surface area (Å²) in [6, 6.07) is 14.4. The van der Waals surface area contributed by atoms with E-state index in [1.165, 1.54) is 24.3 Å². The van der Waals surface area contributed by atoms with Crippen molar-refractivity contribution < 1.29 is 9.72 Å². The average Bonchev–Trinajstić information content (AvgIpc) is 2.48. The lowest BCUT2D eigenvalue weighted by atomic mass is 10.1. The van der Waals surface area contributed by atoms with Crippen LogP contribution < -0.4 is 17.2 Å². The molecule has 22 heavy (non-hydrogen) atoms. The van der Waals surface area contributed by atoms with Crippen molar-refractivity contribution in [2.75, 3.05) is 5.32 Å². The first-order valence-electron chi connectivity index (χ1n) is 6.41. The molecule has 0 fully saturated rings. The molecule has 0 aliphatic heterocycles. The first kappa shape index (κ1) is 17.3. The summed E-state index contributed by atoms with van der Waals surface area (Å²) < 4.78 is 0. The largest absolute Gasteiger partial charge is 0.344 e.